The molecule has 1 aromatic rings. The summed E-state index contributed by atoms with van der Waals surface area (Å²) >= 11 is 0. The Labute approximate surface area is 129 Å². The molecule has 0 radical (unpaired) electrons. The van der Waals surface area contributed by atoms with Crippen molar-refractivity contribution in [3.63, 3.8) is 0 Å². The number of benzene rings is 1. The van der Waals surface area contributed by atoms with Crippen molar-refractivity contribution < 1.29 is 22.3 Å². The van der Waals surface area contributed by atoms with Crippen molar-refractivity contribution in [2.24, 2.45) is 5.41 Å². The summed E-state index contributed by atoms with van der Waals surface area (Å²) in [6.45, 7) is 3.59. The third-order valence-electron chi connectivity index (χ3n) is 3.56. The van der Waals surface area contributed by atoms with Gasteiger partial charge in [-0.25, -0.2) is 17.6 Å². The third kappa shape index (κ3) is 3.95. The van der Waals surface area contributed by atoms with Crippen LogP contribution in [0.1, 0.15) is 13.3 Å². The zero-order valence-electron chi connectivity index (χ0n) is 12.5. The molecule has 0 aromatic heterocycles. The topological polar surface area (TPSA) is 84.5 Å². The molecule has 0 spiro atoms. The first-order chi connectivity index (χ1) is 10.2. The van der Waals surface area contributed by atoms with E-state index in [0.717, 1.165) is 18.7 Å². The second-order valence-corrected chi connectivity index (χ2v) is 7.76. The quantitative estimate of drug-likeness (QED) is 0.881. The number of ether oxygens (including phenoxy) is 1. The van der Waals surface area contributed by atoms with E-state index in [1.54, 1.807) is 0 Å². The Morgan fingerprint density at radius 2 is 2.18 bits per heavy atom. The van der Waals surface area contributed by atoms with Gasteiger partial charge in [0.1, 0.15) is 10.7 Å². The summed E-state index contributed by atoms with van der Waals surface area (Å²) in [6, 6.07) is 3.14. The number of urea groups is 1. The van der Waals surface area contributed by atoms with Crippen molar-refractivity contribution in [1.82, 2.24) is 5.32 Å². The van der Waals surface area contributed by atoms with Gasteiger partial charge in [-0.05, 0) is 18.6 Å². The van der Waals surface area contributed by atoms with E-state index in [1.807, 2.05) is 6.92 Å². The van der Waals surface area contributed by atoms with Gasteiger partial charge < -0.3 is 15.4 Å². The smallest absolute Gasteiger partial charge is 0.319 e. The Morgan fingerprint density at radius 1 is 1.45 bits per heavy atom. The van der Waals surface area contributed by atoms with Gasteiger partial charge in [-0.2, -0.15) is 0 Å². The van der Waals surface area contributed by atoms with Crippen LogP contribution >= 0.6 is 0 Å². The number of hydrogen-bond donors (Lipinski definition) is 2. The van der Waals surface area contributed by atoms with Crippen LogP contribution in [0.3, 0.4) is 0 Å². The standard InChI is InChI=1S/C14H19FN2O4S/c1-14(6-7-21-9-14)8-16-13(18)17-11-5-3-4-10(15)12(11)22(2,19)20/h3-5H,6-9H2,1-2H3,(H2,16,17,18). The molecule has 2 amide bonds. The molecule has 1 saturated heterocycles. The predicted molar refractivity (Wildman–Crippen MR) is 80.1 cm³/mol. The van der Waals surface area contributed by atoms with E-state index in [-0.39, 0.29) is 11.1 Å². The third-order valence-corrected chi connectivity index (χ3v) is 4.72. The van der Waals surface area contributed by atoms with Gasteiger partial charge >= 0.3 is 6.03 Å². The molecule has 1 aliphatic rings. The highest BCUT2D eigenvalue weighted by molar-refractivity contribution is 7.90. The number of amides is 2. The molecule has 0 bridgehead atoms. The first-order valence-corrected chi connectivity index (χ1v) is 8.72. The van der Waals surface area contributed by atoms with Crippen LogP contribution < -0.4 is 10.6 Å². The fourth-order valence-corrected chi connectivity index (χ4v) is 3.23. The van der Waals surface area contributed by atoms with Gasteiger partial charge in [0.15, 0.2) is 9.84 Å². The summed E-state index contributed by atoms with van der Waals surface area (Å²) in [7, 11) is -3.79. The molecule has 22 heavy (non-hydrogen) atoms. The van der Waals surface area contributed by atoms with Gasteiger partial charge in [0, 0.05) is 24.8 Å². The maximum Gasteiger partial charge on any atom is 0.319 e. The molecule has 1 fully saturated rings. The lowest BCUT2D eigenvalue weighted by Crippen LogP contribution is -2.38. The van der Waals surface area contributed by atoms with Gasteiger partial charge in [0.05, 0.1) is 12.3 Å². The van der Waals surface area contributed by atoms with Crippen molar-refractivity contribution in [2.75, 3.05) is 31.3 Å². The van der Waals surface area contributed by atoms with Crippen LogP contribution in [0.25, 0.3) is 0 Å². The molecule has 8 heteroatoms. The summed E-state index contributed by atoms with van der Waals surface area (Å²) in [5.41, 5.74) is -0.216. The average Bonchev–Trinajstić information content (AvgIpc) is 2.82. The summed E-state index contributed by atoms with van der Waals surface area (Å²) < 4.78 is 42.3. The molecule has 1 unspecified atom stereocenters. The van der Waals surface area contributed by atoms with E-state index >= 15 is 0 Å². The van der Waals surface area contributed by atoms with Crippen LogP contribution in [0.4, 0.5) is 14.9 Å². The summed E-state index contributed by atoms with van der Waals surface area (Å²) in [6.07, 6.45) is 1.73. The minimum atomic E-state index is -3.79. The van der Waals surface area contributed by atoms with Gasteiger partial charge in [-0.1, -0.05) is 13.0 Å². The van der Waals surface area contributed by atoms with Crippen LogP contribution in [0.5, 0.6) is 0 Å². The molecule has 2 N–H and O–H groups in total. The number of sulfone groups is 1. The minimum Gasteiger partial charge on any atom is -0.381 e. The second kappa shape index (κ2) is 6.21. The van der Waals surface area contributed by atoms with E-state index in [9.17, 15) is 17.6 Å². The van der Waals surface area contributed by atoms with Crippen molar-refractivity contribution in [1.29, 1.82) is 0 Å². The van der Waals surface area contributed by atoms with E-state index in [1.165, 1.54) is 12.1 Å². The zero-order chi connectivity index (χ0) is 16.4. The summed E-state index contributed by atoms with van der Waals surface area (Å²) in [5.74, 6) is -0.892. The SMILES string of the molecule is CC1(CNC(=O)Nc2cccc(F)c2S(C)(=O)=O)CCOC1. The average molecular weight is 330 g/mol. The Balaban J connectivity index is 2.07. The lowest BCUT2D eigenvalue weighted by atomic mass is 9.90. The molecule has 0 aliphatic carbocycles. The van der Waals surface area contributed by atoms with Crippen LogP contribution in [-0.4, -0.2) is 40.5 Å². The Bertz CT molecular complexity index is 669. The van der Waals surface area contributed by atoms with E-state index in [2.05, 4.69) is 10.6 Å². The highest BCUT2D eigenvalue weighted by Crippen LogP contribution is 2.27. The lowest BCUT2D eigenvalue weighted by molar-refractivity contribution is 0.159. The van der Waals surface area contributed by atoms with E-state index in [0.29, 0.717) is 19.8 Å². The molecule has 1 aliphatic heterocycles. The van der Waals surface area contributed by atoms with Crippen LogP contribution in [0.2, 0.25) is 0 Å². The Morgan fingerprint density at radius 3 is 2.77 bits per heavy atom. The number of carbonyl (C=O) groups excluding carboxylic acids is 1. The number of nitrogens with one attached hydrogen (secondary N) is 2. The largest absolute Gasteiger partial charge is 0.381 e. The monoisotopic (exact) mass is 330 g/mol. The number of anilines is 1. The van der Waals surface area contributed by atoms with Crippen molar-refractivity contribution in [3.05, 3.63) is 24.0 Å². The van der Waals surface area contributed by atoms with Crippen molar-refractivity contribution in [2.45, 2.75) is 18.2 Å². The fraction of sp³-hybridized carbons (Fsp3) is 0.500. The molecule has 122 valence electrons. The number of rotatable bonds is 4. The van der Waals surface area contributed by atoms with Crippen LogP contribution in [0.15, 0.2) is 23.1 Å². The molecule has 1 atom stereocenters. The molecular weight excluding hydrogens is 311 g/mol. The molecule has 0 saturated carbocycles. The highest BCUT2D eigenvalue weighted by atomic mass is 32.2. The van der Waals surface area contributed by atoms with E-state index in [4.69, 9.17) is 4.74 Å². The number of carbonyl (C=O) groups is 1. The van der Waals surface area contributed by atoms with Crippen molar-refractivity contribution >= 4 is 21.6 Å². The predicted octanol–water partition coefficient (Wildman–Crippen LogP) is 1.78. The second-order valence-electron chi connectivity index (χ2n) is 5.81. The maximum absolute atomic E-state index is 13.7. The Hall–Kier alpha value is -1.67. The summed E-state index contributed by atoms with van der Waals surface area (Å²) in [4.78, 5) is 11.4. The fourth-order valence-electron chi connectivity index (χ4n) is 2.29. The zero-order valence-corrected chi connectivity index (χ0v) is 13.3. The first kappa shape index (κ1) is 16.7. The van der Waals surface area contributed by atoms with E-state index < -0.39 is 26.6 Å². The lowest BCUT2D eigenvalue weighted by Gasteiger charge is -2.22. The number of hydrogen-bond acceptors (Lipinski definition) is 4. The highest BCUT2D eigenvalue weighted by Gasteiger charge is 2.30. The van der Waals surface area contributed by atoms with Gasteiger partial charge in [-0.15, -0.1) is 0 Å². The minimum absolute atomic E-state index is 0.0761. The van der Waals surface area contributed by atoms with Gasteiger partial charge in [0.2, 0.25) is 0 Å². The molecule has 1 aromatic carbocycles. The maximum atomic E-state index is 13.7. The molecule has 1 heterocycles. The van der Waals surface area contributed by atoms with Crippen LogP contribution in [-0.2, 0) is 14.6 Å². The Kier molecular flexibility index (Phi) is 4.72. The van der Waals surface area contributed by atoms with Gasteiger partial charge in [0.25, 0.3) is 0 Å². The normalized spacial score (nSPS) is 21.6. The first-order valence-electron chi connectivity index (χ1n) is 6.82. The van der Waals surface area contributed by atoms with Crippen molar-refractivity contribution in [3.8, 4) is 0 Å². The summed E-state index contributed by atoms with van der Waals surface area (Å²) in [5, 5.41) is 5.05. The van der Waals surface area contributed by atoms with Gasteiger partial charge in [-0.3, -0.25) is 0 Å². The molecular formula is C14H19FN2O4S. The molecule has 2 rings (SSSR count). The van der Waals surface area contributed by atoms with Crippen LogP contribution in [0, 0.1) is 11.2 Å². The number of halogens is 1. The molecule has 6 nitrogen and oxygen atoms in total.